The standard InChI is InChI=1S/C19H29N3O5S/c23-22(24)19-14-17(28(25,26)21-11-3-1-2-4-12-21)8-9-18(19)20-10-5-13-27-15-16-6-7-16/h8-9,14,16,20H,1-7,10-13,15H2. The molecular weight excluding hydrogens is 382 g/mol. The average Bonchev–Trinajstić information content (AvgIpc) is 3.51. The molecular formula is C19H29N3O5S. The number of rotatable bonds is 10. The maximum atomic E-state index is 12.9. The second-order valence-electron chi connectivity index (χ2n) is 7.55. The monoisotopic (exact) mass is 411 g/mol. The van der Waals surface area contributed by atoms with Gasteiger partial charge in [-0.05, 0) is 50.2 Å². The van der Waals surface area contributed by atoms with Gasteiger partial charge in [-0.25, -0.2) is 8.42 Å². The first-order chi connectivity index (χ1) is 13.5. The molecule has 1 saturated heterocycles. The van der Waals surface area contributed by atoms with Crippen LogP contribution in [0.3, 0.4) is 0 Å². The maximum absolute atomic E-state index is 12.9. The summed E-state index contributed by atoms with van der Waals surface area (Å²) in [6.07, 6.45) is 6.90. The molecule has 1 aromatic carbocycles. The fourth-order valence-corrected chi connectivity index (χ4v) is 4.87. The van der Waals surface area contributed by atoms with Gasteiger partial charge in [-0.1, -0.05) is 12.8 Å². The lowest BCUT2D eigenvalue weighted by molar-refractivity contribution is -0.384. The van der Waals surface area contributed by atoms with Gasteiger partial charge in [-0.2, -0.15) is 4.31 Å². The summed E-state index contributed by atoms with van der Waals surface area (Å²) in [5.41, 5.74) is 0.122. The lowest BCUT2D eigenvalue weighted by Gasteiger charge is -2.20. The fourth-order valence-electron chi connectivity index (χ4n) is 3.34. The first-order valence-electron chi connectivity index (χ1n) is 10.1. The highest BCUT2D eigenvalue weighted by Crippen LogP contribution is 2.30. The molecule has 1 N–H and O–H groups in total. The second-order valence-corrected chi connectivity index (χ2v) is 9.49. The zero-order valence-corrected chi connectivity index (χ0v) is 17.0. The van der Waals surface area contributed by atoms with E-state index in [1.54, 1.807) is 0 Å². The molecule has 1 aliphatic carbocycles. The molecule has 9 heteroatoms. The van der Waals surface area contributed by atoms with Crippen LogP contribution in [0.25, 0.3) is 0 Å². The van der Waals surface area contributed by atoms with E-state index in [2.05, 4.69) is 5.32 Å². The van der Waals surface area contributed by atoms with Crippen molar-refractivity contribution in [2.45, 2.75) is 49.8 Å². The second kappa shape index (κ2) is 9.67. The summed E-state index contributed by atoms with van der Waals surface area (Å²) in [6.45, 7) is 2.87. The van der Waals surface area contributed by atoms with Crippen LogP contribution in [-0.2, 0) is 14.8 Å². The van der Waals surface area contributed by atoms with Gasteiger partial charge in [0, 0.05) is 38.9 Å². The Morgan fingerprint density at radius 3 is 2.54 bits per heavy atom. The molecule has 8 nitrogen and oxygen atoms in total. The van der Waals surface area contributed by atoms with E-state index in [-0.39, 0.29) is 10.6 Å². The largest absolute Gasteiger partial charge is 0.381 e. The minimum absolute atomic E-state index is 0.0144. The van der Waals surface area contributed by atoms with E-state index < -0.39 is 14.9 Å². The molecule has 3 rings (SSSR count). The number of benzene rings is 1. The molecule has 1 heterocycles. The topological polar surface area (TPSA) is 102 Å². The molecule has 0 bridgehead atoms. The van der Waals surface area contributed by atoms with Gasteiger partial charge in [0.1, 0.15) is 5.69 Å². The van der Waals surface area contributed by atoms with E-state index in [4.69, 9.17) is 4.74 Å². The van der Waals surface area contributed by atoms with E-state index in [1.807, 2.05) is 0 Å². The van der Waals surface area contributed by atoms with Crippen molar-refractivity contribution in [2.75, 3.05) is 38.2 Å². The normalized spacial score (nSPS) is 18.6. The molecule has 0 radical (unpaired) electrons. The third-order valence-electron chi connectivity index (χ3n) is 5.20. The smallest absolute Gasteiger partial charge is 0.293 e. The highest BCUT2D eigenvalue weighted by molar-refractivity contribution is 7.89. The summed E-state index contributed by atoms with van der Waals surface area (Å²) >= 11 is 0. The Morgan fingerprint density at radius 1 is 1.18 bits per heavy atom. The maximum Gasteiger partial charge on any atom is 0.293 e. The predicted molar refractivity (Wildman–Crippen MR) is 107 cm³/mol. The van der Waals surface area contributed by atoms with Crippen LogP contribution in [0.2, 0.25) is 0 Å². The number of nitrogens with one attached hydrogen (secondary N) is 1. The number of sulfonamides is 1. The number of hydrogen-bond acceptors (Lipinski definition) is 6. The molecule has 0 aromatic heterocycles. The van der Waals surface area contributed by atoms with Gasteiger partial charge in [0.2, 0.25) is 10.0 Å². The SMILES string of the molecule is O=[N+]([O-])c1cc(S(=O)(=O)N2CCCCCC2)ccc1NCCCOCC1CC1. The van der Waals surface area contributed by atoms with Crippen molar-refractivity contribution in [1.29, 1.82) is 0 Å². The van der Waals surface area contributed by atoms with Gasteiger partial charge in [-0.15, -0.1) is 0 Å². The third-order valence-corrected chi connectivity index (χ3v) is 7.09. The van der Waals surface area contributed by atoms with Crippen molar-refractivity contribution in [3.63, 3.8) is 0 Å². The van der Waals surface area contributed by atoms with Crippen LogP contribution in [0.15, 0.2) is 23.1 Å². The zero-order chi connectivity index (χ0) is 20.0. The Kier molecular flexibility index (Phi) is 7.25. The summed E-state index contributed by atoms with van der Waals surface area (Å²) in [5.74, 6) is 0.716. The van der Waals surface area contributed by atoms with Crippen molar-refractivity contribution in [3.05, 3.63) is 28.3 Å². The highest BCUT2D eigenvalue weighted by Gasteiger charge is 2.28. The van der Waals surface area contributed by atoms with Crippen molar-refractivity contribution >= 4 is 21.4 Å². The van der Waals surface area contributed by atoms with Crippen LogP contribution >= 0.6 is 0 Å². The molecule has 0 amide bonds. The lowest BCUT2D eigenvalue weighted by Crippen LogP contribution is -2.32. The van der Waals surface area contributed by atoms with Crippen molar-refractivity contribution in [2.24, 2.45) is 5.92 Å². The number of anilines is 1. The van der Waals surface area contributed by atoms with Gasteiger partial charge < -0.3 is 10.1 Å². The molecule has 1 aliphatic heterocycles. The first-order valence-corrected chi connectivity index (χ1v) is 11.5. The molecule has 1 aromatic rings. The summed E-state index contributed by atoms with van der Waals surface area (Å²) in [5, 5.41) is 14.5. The van der Waals surface area contributed by atoms with Crippen molar-refractivity contribution in [1.82, 2.24) is 4.31 Å². The first kappa shape index (κ1) is 21.0. The average molecular weight is 412 g/mol. The Bertz CT molecular complexity index is 772. The van der Waals surface area contributed by atoms with Crippen LogP contribution in [0.5, 0.6) is 0 Å². The van der Waals surface area contributed by atoms with Crippen LogP contribution in [-0.4, -0.2) is 50.5 Å². The Hall–Kier alpha value is -1.71. The van der Waals surface area contributed by atoms with E-state index >= 15 is 0 Å². The van der Waals surface area contributed by atoms with Crippen LogP contribution in [0.1, 0.15) is 44.9 Å². The molecule has 156 valence electrons. The molecule has 2 fully saturated rings. The van der Waals surface area contributed by atoms with E-state index in [0.717, 1.165) is 38.7 Å². The van der Waals surface area contributed by atoms with Gasteiger partial charge in [0.05, 0.1) is 9.82 Å². The Morgan fingerprint density at radius 2 is 1.89 bits per heavy atom. The van der Waals surface area contributed by atoms with Gasteiger partial charge in [-0.3, -0.25) is 10.1 Å². The summed E-state index contributed by atoms with van der Waals surface area (Å²) in [6, 6.07) is 4.12. The van der Waals surface area contributed by atoms with Crippen LogP contribution < -0.4 is 5.32 Å². The number of hydrogen-bond donors (Lipinski definition) is 1. The fraction of sp³-hybridized carbons (Fsp3) is 0.684. The summed E-state index contributed by atoms with van der Waals surface area (Å²) in [4.78, 5) is 10.9. The van der Waals surface area contributed by atoms with Crippen LogP contribution in [0.4, 0.5) is 11.4 Å². The summed E-state index contributed by atoms with van der Waals surface area (Å²) in [7, 11) is -3.71. The summed E-state index contributed by atoms with van der Waals surface area (Å²) < 4.78 is 32.8. The minimum atomic E-state index is -3.71. The van der Waals surface area contributed by atoms with Crippen molar-refractivity contribution < 1.29 is 18.1 Å². The van der Waals surface area contributed by atoms with E-state index in [9.17, 15) is 18.5 Å². The lowest BCUT2D eigenvalue weighted by atomic mass is 10.2. The number of ether oxygens (including phenoxy) is 1. The van der Waals surface area contributed by atoms with Crippen molar-refractivity contribution in [3.8, 4) is 0 Å². The van der Waals surface area contributed by atoms with E-state index in [1.165, 1.54) is 35.3 Å². The molecule has 0 atom stereocenters. The highest BCUT2D eigenvalue weighted by atomic mass is 32.2. The van der Waals surface area contributed by atoms with Gasteiger partial charge in [0.25, 0.3) is 5.69 Å². The number of nitro benzene ring substituents is 1. The van der Waals surface area contributed by atoms with Gasteiger partial charge in [0.15, 0.2) is 0 Å². The zero-order valence-electron chi connectivity index (χ0n) is 16.1. The van der Waals surface area contributed by atoms with Gasteiger partial charge >= 0.3 is 0 Å². The quantitative estimate of drug-likeness (QED) is 0.360. The van der Waals surface area contributed by atoms with E-state index in [0.29, 0.717) is 37.8 Å². The molecule has 28 heavy (non-hydrogen) atoms. The molecule has 1 saturated carbocycles. The Balaban J connectivity index is 1.63. The molecule has 0 spiro atoms. The third kappa shape index (κ3) is 5.65. The minimum Gasteiger partial charge on any atom is -0.381 e. The predicted octanol–water partition coefficient (Wildman–Crippen LogP) is 3.39. The molecule has 0 unspecified atom stereocenters. The number of nitro groups is 1. The molecule has 2 aliphatic rings. The Labute approximate surface area is 166 Å². The van der Waals surface area contributed by atoms with Crippen LogP contribution in [0, 0.1) is 16.0 Å². The number of nitrogens with zero attached hydrogens (tertiary/aromatic N) is 2.